The van der Waals surface area contributed by atoms with E-state index in [1.165, 1.54) is 6.92 Å². The summed E-state index contributed by atoms with van der Waals surface area (Å²) in [6.07, 6.45) is 1.72. The van der Waals surface area contributed by atoms with Gasteiger partial charge in [-0.2, -0.15) is 0 Å². The van der Waals surface area contributed by atoms with Crippen LogP contribution in [0.1, 0.15) is 19.4 Å². The van der Waals surface area contributed by atoms with Crippen molar-refractivity contribution >= 4 is 29.4 Å². The zero-order chi connectivity index (χ0) is 12.8. The van der Waals surface area contributed by atoms with Gasteiger partial charge in [0, 0.05) is 11.9 Å². The maximum Gasteiger partial charge on any atom is 0.303 e. The highest BCUT2D eigenvalue weighted by Gasteiger charge is 2.06. The van der Waals surface area contributed by atoms with Gasteiger partial charge in [-0.3, -0.25) is 9.59 Å². The van der Waals surface area contributed by atoms with Crippen LogP contribution in [0.3, 0.4) is 0 Å². The summed E-state index contributed by atoms with van der Waals surface area (Å²) in [5, 5.41) is 0.644. The van der Waals surface area contributed by atoms with Gasteiger partial charge in [-0.1, -0.05) is 23.7 Å². The minimum Gasteiger partial charge on any atom is -0.457 e. The van der Waals surface area contributed by atoms with Crippen LogP contribution in [-0.4, -0.2) is 18.4 Å². The lowest BCUT2D eigenvalue weighted by Crippen LogP contribution is -2.12. The average molecular weight is 253 g/mol. The molecular weight excluding hydrogens is 240 g/mol. The third-order valence-corrected chi connectivity index (χ3v) is 2.35. The number of carbonyl (C=O) groups excluding carboxylic acids is 2. The second-order valence-electron chi connectivity index (χ2n) is 3.58. The van der Waals surface area contributed by atoms with Crippen LogP contribution in [0.15, 0.2) is 29.8 Å². The molecule has 1 rings (SSSR count). The summed E-state index contributed by atoms with van der Waals surface area (Å²) in [5.41, 5.74) is 1.41. The largest absolute Gasteiger partial charge is 0.457 e. The number of hydrogen-bond donors (Lipinski definition) is 0. The molecule has 4 heteroatoms. The van der Waals surface area contributed by atoms with Crippen LogP contribution < -0.4 is 0 Å². The fourth-order valence-electron chi connectivity index (χ4n) is 1.17. The highest BCUT2D eigenvalue weighted by atomic mass is 35.5. The topological polar surface area (TPSA) is 43.4 Å². The summed E-state index contributed by atoms with van der Waals surface area (Å²) in [4.78, 5) is 22.1. The Bertz CT molecular complexity index is 446. The molecule has 1 aromatic rings. The molecule has 0 aliphatic carbocycles. The average Bonchev–Trinajstić information content (AvgIpc) is 2.28. The van der Waals surface area contributed by atoms with Crippen molar-refractivity contribution in [3.05, 3.63) is 40.4 Å². The molecule has 90 valence electrons. The highest BCUT2D eigenvalue weighted by molar-refractivity contribution is 6.30. The van der Waals surface area contributed by atoms with E-state index in [-0.39, 0.29) is 12.4 Å². The first-order chi connectivity index (χ1) is 7.99. The Morgan fingerprint density at radius 2 is 1.82 bits per heavy atom. The van der Waals surface area contributed by atoms with Crippen LogP contribution in [0, 0.1) is 0 Å². The highest BCUT2D eigenvalue weighted by Crippen LogP contribution is 2.12. The van der Waals surface area contributed by atoms with Crippen molar-refractivity contribution in [2.45, 2.75) is 13.8 Å². The fraction of sp³-hybridized carbons (Fsp3) is 0.231. The Balaban J connectivity index is 2.68. The standard InChI is InChI=1S/C13H13ClO3/c1-9(13(16)8-17-10(2)15)7-11-3-5-12(14)6-4-11/h3-7H,8H2,1-2H3/b9-7+. The Labute approximate surface area is 105 Å². The summed E-state index contributed by atoms with van der Waals surface area (Å²) >= 11 is 5.75. The van der Waals surface area contributed by atoms with E-state index in [0.29, 0.717) is 10.6 Å². The minimum atomic E-state index is -0.461. The molecule has 0 radical (unpaired) electrons. The third kappa shape index (κ3) is 4.83. The number of halogens is 1. The number of carbonyl (C=O) groups is 2. The summed E-state index contributed by atoms with van der Waals surface area (Å²) in [6, 6.07) is 7.12. The lowest BCUT2D eigenvalue weighted by atomic mass is 10.1. The van der Waals surface area contributed by atoms with E-state index in [1.54, 1.807) is 25.1 Å². The van der Waals surface area contributed by atoms with Crippen LogP contribution in [0.5, 0.6) is 0 Å². The molecule has 0 saturated heterocycles. The van der Waals surface area contributed by atoms with E-state index < -0.39 is 5.97 Å². The van der Waals surface area contributed by atoms with Crippen LogP contribution in [-0.2, 0) is 14.3 Å². The SMILES string of the molecule is CC(=O)OCC(=O)/C(C)=C/c1ccc(Cl)cc1. The fourth-order valence-corrected chi connectivity index (χ4v) is 1.30. The van der Waals surface area contributed by atoms with Gasteiger partial charge in [0.15, 0.2) is 12.4 Å². The Kier molecular flexibility index (Phi) is 4.91. The molecule has 0 unspecified atom stereocenters. The number of hydrogen-bond acceptors (Lipinski definition) is 3. The van der Waals surface area contributed by atoms with Gasteiger partial charge in [0.25, 0.3) is 0 Å². The summed E-state index contributed by atoms with van der Waals surface area (Å²) < 4.78 is 4.63. The zero-order valence-corrected chi connectivity index (χ0v) is 10.5. The molecule has 0 aliphatic rings. The number of ketones is 1. The first kappa shape index (κ1) is 13.5. The van der Waals surface area contributed by atoms with Crippen molar-refractivity contribution in [2.75, 3.05) is 6.61 Å². The summed E-state index contributed by atoms with van der Waals surface area (Å²) in [7, 11) is 0. The molecule has 0 saturated carbocycles. The molecule has 17 heavy (non-hydrogen) atoms. The predicted octanol–water partition coefficient (Wildman–Crippen LogP) is 2.88. The Hall–Kier alpha value is -1.61. The molecule has 0 N–H and O–H groups in total. The summed E-state index contributed by atoms with van der Waals surface area (Å²) in [5.74, 6) is -0.673. The van der Waals surface area contributed by atoms with E-state index in [1.807, 2.05) is 12.1 Å². The van der Waals surface area contributed by atoms with Crippen molar-refractivity contribution in [3.8, 4) is 0 Å². The zero-order valence-electron chi connectivity index (χ0n) is 9.70. The van der Waals surface area contributed by atoms with Gasteiger partial charge in [0.05, 0.1) is 0 Å². The molecule has 0 amide bonds. The van der Waals surface area contributed by atoms with E-state index >= 15 is 0 Å². The molecule has 0 aliphatic heterocycles. The molecule has 0 aromatic heterocycles. The second-order valence-corrected chi connectivity index (χ2v) is 4.02. The maximum absolute atomic E-state index is 11.5. The van der Waals surface area contributed by atoms with Gasteiger partial charge >= 0.3 is 5.97 Å². The Morgan fingerprint density at radius 1 is 1.24 bits per heavy atom. The number of ether oxygens (including phenoxy) is 1. The molecular formula is C13H13ClO3. The van der Waals surface area contributed by atoms with Gasteiger partial charge in [-0.25, -0.2) is 0 Å². The smallest absolute Gasteiger partial charge is 0.303 e. The molecule has 1 aromatic carbocycles. The number of Topliss-reactive ketones (excluding diaryl/α,β-unsaturated/α-hetero) is 1. The monoisotopic (exact) mass is 252 g/mol. The van der Waals surface area contributed by atoms with Crippen LogP contribution in [0.4, 0.5) is 0 Å². The molecule has 0 bridgehead atoms. The van der Waals surface area contributed by atoms with Gasteiger partial charge in [0.2, 0.25) is 0 Å². The number of rotatable bonds is 4. The predicted molar refractivity (Wildman–Crippen MR) is 66.7 cm³/mol. The van der Waals surface area contributed by atoms with Crippen molar-refractivity contribution < 1.29 is 14.3 Å². The van der Waals surface area contributed by atoms with Crippen LogP contribution in [0.25, 0.3) is 6.08 Å². The van der Waals surface area contributed by atoms with Gasteiger partial charge in [-0.15, -0.1) is 0 Å². The summed E-state index contributed by atoms with van der Waals surface area (Å²) in [6.45, 7) is 2.73. The maximum atomic E-state index is 11.5. The molecule has 0 atom stereocenters. The third-order valence-electron chi connectivity index (χ3n) is 2.10. The van der Waals surface area contributed by atoms with Gasteiger partial charge in [0.1, 0.15) is 0 Å². The quantitative estimate of drug-likeness (QED) is 0.611. The normalized spacial score (nSPS) is 11.1. The molecule has 0 spiro atoms. The molecule has 0 fully saturated rings. The van der Waals surface area contributed by atoms with Crippen molar-refractivity contribution in [1.82, 2.24) is 0 Å². The second kappa shape index (κ2) is 6.21. The van der Waals surface area contributed by atoms with E-state index in [4.69, 9.17) is 11.6 Å². The van der Waals surface area contributed by atoms with Crippen LogP contribution in [0.2, 0.25) is 5.02 Å². The Morgan fingerprint density at radius 3 is 2.35 bits per heavy atom. The van der Waals surface area contributed by atoms with Gasteiger partial charge < -0.3 is 4.74 Å². The number of benzene rings is 1. The van der Waals surface area contributed by atoms with E-state index in [9.17, 15) is 9.59 Å². The molecule has 0 heterocycles. The van der Waals surface area contributed by atoms with Gasteiger partial charge in [-0.05, 0) is 36.3 Å². The first-order valence-corrected chi connectivity index (χ1v) is 5.47. The van der Waals surface area contributed by atoms with Crippen molar-refractivity contribution in [3.63, 3.8) is 0 Å². The molecule has 3 nitrogen and oxygen atoms in total. The van der Waals surface area contributed by atoms with E-state index in [2.05, 4.69) is 4.74 Å². The lowest BCUT2D eigenvalue weighted by molar-refractivity contribution is -0.144. The first-order valence-electron chi connectivity index (χ1n) is 5.09. The minimum absolute atomic E-state index is 0.213. The van der Waals surface area contributed by atoms with Crippen molar-refractivity contribution in [2.24, 2.45) is 0 Å². The lowest BCUT2D eigenvalue weighted by Gasteiger charge is -2.02. The van der Waals surface area contributed by atoms with Crippen molar-refractivity contribution in [1.29, 1.82) is 0 Å². The number of esters is 1. The van der Waals surface area contributed by atoms with E-state index in [0.717, 1.165) is 5.56 Å². The van der Waals surface area contributed by atoms with Crippen LogP contribution >= 0.6 is 11.6 Å².